The molecule has 0 bridgehead atoms. The molecule has 3 N–H and O–H groups in total. The van der Waals surface area contributed by atoms with Crippen LogP contribution in [0.25, 0.3) is 21.5 Å². The van der Waals surface area contributed by atoms with Crippen molar-refractivity contribution in [2.24, 2.45) is 0 Å². The lowest BCUT2D eigenvalue weighted by Crippen LogP contribution is -2.13. The Morgan fingerprint density at radius 1 is 1.08 bits per heavy atom. The molecule has 0 radical (unpaired) electrons. The summed E-state index contributed by atoms with van der Waals surface area (Å²) in [5.74, 6) is -0.269. The van der Waals surface area contributed by atoms with Gasteiger partial charge in [0.1, 0.15) is 11.0 Å². The Hall–Kier alpha value is -3.19. The van der Waals surface area contributed by atoms with Gasteiger partial charge in [0.25, 0.3) is 5.91 Å². The van der Waals surface area contributed by atoms with E-state index in [4.69, 9.17) is 5.73 Å². The number of amides is 1. The van der Waals surface area contributed by atoms with Crippen molar-refractivity contribution in [3.63, 3.8) is 0 Å². The molecule has 24 heavy (non-hydrogen) atoms. The molecule has 1 amide bonds. The molecule has 2 heterocycles. The predicted molar refractivity (Wildman–Crippen MR) is 93.9 cm³/mol. The van der Waals surface area contributed by atoms with E-state index in [1.807, 2.05) is 29.6 Å². The van der Waals surface area contributed by atoms with E-state index in [1.165, 1.54) is 0 Å². The fourth-order valence-electron chi connectivity index (χ4n) is 2.38. The second-order valence-corrected chi connectivity index (χ2v) is 6.15. The number of nitrogens with zero attached hydrogens (tertiary/aromatic N) is 2. The Morgan fingerprint density at radius 2 is 1.96 bits per heavy atom. The summed E-state index contributed by atoms with van der Waals surface area (Å²) in [6.45, 7) is 0. The molecular weight excluding hydrogens is 324 g/mol. The molecule has 0 fully saturated rings. The minimum atomic E-state index is -0.269. The fraction of sp³-hybridized carbons (Fsp3) is 0. The Labute approximate surface area is 140 Å². The number of carbonyl (C=O) groups excluding carboxylic acids is 1. The highest BCUT2D eigenvalue weighted by Gasteiger charge is 2.12. The first-order valence-electron chi connectivity index (χ1n) is 7.18. The predicted octanol–water partition coefficient (Wildman–Crippen LogP) is 3.79. The number of aromatic nitrogens is 2. The summed E-state index contributed by atoms with van der Waals surface area (Å²) in [7, 11) is 0. The van der Waals surface area contributed by atoms with Crippen molar-refractivity contribution in [3.05, 3.63) is 59.5 Å². The maximum atomic E-state index is 12.5. The number of rotatable bonds is 3. The van der Waals surface area contributed by atoms with Crippen molar-refractivity contribution < 1.29 is 9.42 Å². The van der Waals surface area contributed by atoms with Gasteiger partial charge in [-0.2, -0.15) is 0 Å². The molecule has 0 aliphatic heterocycles. The maximum Gasteiger partial charge on any atom is 0.255 e. The lowest BCUT2D eigenvalue weighted by atomic mass is 10.1. The summed E-state index contributed by atoms with van der Waals surface area (Å²) < 4.78 is 4.64. The van der Waals surface area contributed by atoms with Crippen LogP contribution in [0.4, 0.5) is 11.4 Å². The summed E-state index contributed by atoms with van der Waals surface area (Å²) in [6, 6.07) is 14.6. The minimum absolute atomic E-state index is 0.269. The molecule has 0 aliphatic rings. The monoisotopic (exact) mass is 336 g/mol. The van der Waals surface area contributed by atoms with Crippen LogP contribution in [-0.2, 0) is 0 Å². The number of nitrogens with one attached hydrogen (secondary N) is 1. The lowest BCUT2D eigenvalue weighted by molar-refractivity contribution is 0.102. The molecule has 7 heteroatoms. The number of benzene rings is 2. The number of thiophene rings is 1. The van der Waals surface area contributed by atoms with Crippen molar-refractivity contribution >= 4 is 39.7 Å². The van der Waals surface area contributed by atoms with E-state index < -0.39 is 0 Å². The largest absolute Gasteiger partial charge is 0.397 e. The summed E-state index contributed by atoms with van der Waals surface area (Å²) in [5, 5.41) is 12.3. The molecule has 0 saturated heterocycles. The van der Waals surface area contributed by atoms with E-state index in [9.17, 15) is 4.79 Å². The van der Waals surface area contributed by atoms with Gasteiger partial charge in [-0.1, -0.05) is 12.1 Å². The Balaban J connectivity index is 1.64. The third kappa shape index (κ3) is 2.61. The first-order valence-corrected chi connectivity index (χ1v) is 8.06. The summed E-state index contributed by atoms with van der Waals surface area (Å²) in [6.07, 6.45) is 0. The van der Waals surface area contributed by atoms with Crippen LogP contribution in [0.5, 0.6) is 0 Å². The molecule has 4 aromatic rings. The normalized spacial score (nSPS) is 10.8. The molecule has 0 aliphatic carbocycles. The van der Waals surface area contributed by atoms with E-state index >= 15 is 0 Å². The zero-order valence-corrected chi connectivity index (χ0v) is 13.2. The van der Waals surface area contributed by atoms with E-state index in [1.54, 1.807) is 35.6 Å². The lowest BCUT2D eigenvalue weighted by Gasteiger charge is -2.10. The number of anilines is 2. The summed E-state index contributed by atoms with van der Waals surface area (Å²) >= 11 is 1.63. The van der Waals surface area contributed by atoms with Gasteiger partial charge < -0.3 is 11.1 Å². The van der Waals surface area contributed by atoms with E-state index in [2.05, 4.69) is 20.3 Å². The number of nitrogens with two attached hydrogens (primary N) is 1. The van der Waals surface area contributed by atoms with Crippen molar-refractivity contribution in [2.75, 3.05) is 11.1 Å². The first-order chi connectivity index (χ1) is 11.7. The molecule has 6 nitrogen and oxygen atoms in total. The Kier molecular flexibility index (Phi) is 3.47. The highest BCUT2D eigenvalue weighted by Crippen LogP contribution is 2.30. The maximum absolute atomic E-state index is 12.5. The molecule has 2 aromatic carbocycles. The van der Waals surface area contributed by atoms with Gasteiger partial charge in [0.2, 0.25) is 0 Å². The SMILES string of the molecule is Nc1ccc(-c2cccs2)cc1NC(=O)c1ccc2nonc2c1. The van der Waals surface area contributed by atoms with Crippen LogP contribution in [0.2, 0.25) is 0 Å². The number of hydrogen-bond donors (Lipinski definition) is 2. The Morgan fingerprint density at radius 3 is 2.79 bits per heavy atom. The van der Waals surface area contributed by atoms with Gasteiger partial charge in [-0.15, -0.1) is 11.3 Å². The van der Waals surface area contributed by atoms with E-state index in [0.717, 1.165) is 10.4 Å². The molecule has 0 spiro atoms. The second kappa shape index (κ2) is 5.78. The fourth-order valence-corrected chi connectivity index (χ4v) is 3.10. The van der Waals surface area contributed by atoms with Gasteiger partial charge in [0, 0.05) is 10.4 Å². The van der Waals surface area contributed by atoms with Crippen LogP contribution in [0.3, 0.4) is 0 Å². The van der Waals surface area contributed by atoms with Crippen molar-refractivity contribution in [2.45, 2.75) is 0 Å². The Bertz CT molecular complexity index is 1020. The van der Waals surface area contributed by atoms with Gasteiger partial charge in [0.15, 0.2) is 0 Å². The van der Waals surface area contributed by atoms with Gasteiger partial charge in [-0.3, -0.25) is 4.79 Å². The van der Waals surface area contributed by atoms with Crippen LogP contribution in [0, 0.1) is 0 Å². The molecular formula is C17H12N4O2S. The topological polar surface area (TPSA) is 94.0 Å². The standard InChI is InChI=1S/C17H12N4O2S/c18-12-5-3-10(16-2-1-7-24-16)8-14(12)19-17(22)11-4-6-13-15(9-11)21-23-20-13/h1-9H,18H2,(H,19,22). The first kappa shape index (κ1) is 14.4. The zero-order valence-electron chi connectivity index (χ0n) is 12.4. The smallest absolute Gasteiger partial charge is 0.255 e. The molecule has 0 atom stereocenters. The number of hydrogen-bond acceptors (Lipinski definition) is 6. The molecule has 118 valence electrons. The second-order valence-electron chi connectivity index (χ2n) is 5.20. The van der Waals surface area contributed by atoms with Gasteiger partial charge in [-0.05, 0) is 57.7 Å². The number of carbonyl (C=O) groups is 1. The van der Waals surface area contributed by atoms with Crippen LogP contribution in [0.1, 0.15) is 10.4 Å². The highest BCUT2D eigenvalue weighted by atomic mass is 32.1. The van der Waals surface area contributed by atoms with Gasteiger partial charge in [-0.25, -0.2) is 4.63 Å². The van der Waals surface area contributed by atoms with Crippen LogP contribution < -0.4 is 11.1 Å². The molecule has 0 unspecified atom stereocenters. The van der Waals surface area contributed by atoms with Crippen molar-refractivity contribution in [3.8, 4) is 10.4 Å². The average Bonchev–Trinajstić information content (AvgIpc) is 3.27. The van der Waals surface area contributed by atoms with Crippen molar-refractivity contribution in [1.82, 2.24) is 10.3 Å². The van der Waals surface area contributed by atoms with Crippen LogP contribution >= 0.6 is 11.3 Å². The van der Waals surface area contributed by atoms with Gasteiger partial charge in [0.05, 0.1) is 11.4 Å². The van der Waals surface area contributed by atoms with E-state index in [0.29, 0.717) is 28.0 Å². The van der Waals surface area contributed by atoms with Gasteiger partial charge >= 0.3 is 0 Å². The molecule has 2 aromatic heterocycles. The summed E-state index contributed by atoms with van der Waals surface area (Å²) in [5.41, 5.74) is 9.67. The quantitative estimate of drug-likeness (QED) is 0.555. The molecule has 4 rings (SSSR count). The molecule has 0 saturated carbocycles. The third-order valence-corrected chi connectivity index (χ3v) is 4.54. The van der Waals surface area contributed by atoms with Crippen molar-refractivity contribution in [1.29, 1.82) is 0 Å². The number of nitrogen functional groups attached to an aromatic ring is 1. The van der Waals surface area contributed by atoms with Crippen LogP contribution in [0.15, 0.2) is 58.5 Å². The third-order valence-electron chi connectivity index (χ3n) is 3.62. The zero-order chi connectivity index (χ0) is 16.5. The minimum Gasteiger partial charge on any atom is -0.397 e. The average molecular weight is 336 g/mol. The summed E-state index contributed by atoms with van der Waals surface area (Å²) in [4.78, 5) is 13.6. The highest BCUT2D eigenvalue weighted by molar-refractivity contribution is 7.13. The van der Waals surface area contributed by atoms with E-state index in [-0.39, 0.29) is 5.91 Å². The number of fused-ring (bicyclic) bond motifs is 1. The van der Waals surface area contributed by atoms with Crippen LogP contribution in [-0.4, -0.2) is 16.2 Å².